The summed E-state index contributed by atoms with van der Waals surface area (Å²) in [6, 6.07) is -6.11. The number of hydrogen-bond acceptors (Lipinski definition) is 32. The van der Waals surface area contributed by atoms with Crippen molar-refractivity contribution in [3.05, 3.63) is 0 Å². The number of aliphatic carboxylic acids is 4. The quantitative estimate of drug-likeness (QED) is 0.0252. The van der Waals surface area contributed by atoms with Gasteiger partial charge in [-0.15, -0.1) is 0 Å². The van der Waals surface area contributed by atoms with Gasteiger partial charge in [-0.3, -0.25) is 38.4 Å². The molecule has 16 atom stereocenters. The second-order valence-corrected chi connectivity index (χ2v) is 39.2. The highest BCUT2D eigenvalue weighted by molar-refractivity contribution is 7.89. The molecule has 2 saturated carbocycles. The summed E-state index contributed by atoms with van der Waals surface area (Å²) in [5.41, 5.74) is 35.4. The third-order valence-corrected chi connectivity index (χ3v) is 29.5. The van der Waals surface area contributed by atoms with Gasteiger partial charge in [0.1, 0.15) is 46.3 Å². The first-order chi connectivity index (χ1) is 53.3. The molecule has 7 fully saturated rings. The molecule has 698 valence electrons. The van der Waals surface area contributed by atoms with Gasteiger partial charge >= 0.3 is 52.4 Å². The summed E-state index contributed by atoms with van der Waals surface area (Å²) in [5.74, 6) is -10.7. The SMILES string of the molecule is CC(C)C(CCN)S(=O)(=O)N1C[C@H](CCCB(O)O)[C@](N)(C(=O)N[C@@H](C)C(=O)O)C1.CC(NS(=O)(=O)N1C[C@H](CCCB(O)O)[C@](N)(C(=O)N[C@@H](C)C(=O)O)C1)C1(N)CC1.C[C@H](NC(=O)[C@]1(N)CN(S(=O)(=O)NC2CNC2)C[C@@H]1CCCB(O)O)C(=O)O.C[C@H](NC(=O)[C@]1(N)CN(S(=O)(=O)N[C@H]2C[C@@H]2N)C[C@@H]1CCCB(O)O)C(=O)O.S.S.S.S. The van der Waals surface area contributed by atoms with Crippen LogP contribution in [0.3, 0.4) is 0 Å². The minimum atomic E-state index is -4.00. The summed E-state index contributed by atoms with van der Waals surface area (Å²) in [4.78, 5) is 95.3. The molecule has 5 saturated heterocycles. The molecule has 0 spiro atoms. The van der Waals surface area contributed by atoms with Crippen molar-refractivity contribution in [1.29, 1.82) is 0 Å². The van der Waals surface area contributed by atoms with E-state index in [1.54, 1.807) is 20.8 Å². The lowest BCUT2D eigenvalue weighted by atomic mass is 9.78. The van der Waals surface area contributed by atoms with Gasteiger partial charge in [0, 0.05) is 119 Å². The number of sulfonamides is 1. The molecule has 7 rings (SSSR count). The van der Waals surface area contributed by atoms with E-state index in [4.69, 9.17) is 101 Å². The number of nitrogens with one attached hydrogen (secondary N) is 8. The molecule has 5 aliphatic heterocycles. The lowest BCUT2D eigenvalue weighted by Crippen LogP contribution is -2.62. The second-order valence-electron chi connectivity index (χ2n) is 32.0. The van der Waals surface area contributed by atoms with Gasteiger partial charge in [-0.1, -0.05) is 39.5 Å². The van der Waals surface area contributed by atoms with Gasteiger partial charge in [0.25, 0.3) is 30.6 Å². The molecule has 0 radical (unpaired) electrons. The van der Waals surface area contributed by atoms with Crippen LogP contribution in [0.5, 0.6) is 0 Å². The predicted molar refractivity (Wildman–Crippen MR) is 463 cm³/mol. The molecule has 120 heavy (non-hydrogen) atoms. The zero-order valence-corrected chi connectivity index (χ0v) is 75.6. The van der Waals surface area contributed by atoms with E-state index in [0.29, 0.717) is 58.0 Å². The molecule has 2 aliphatic carbocycles. The number of rotatable bonds is 43. The van der Waals surface area contributed by atoms with Crippen molar-refractivity contribution in [3.63, 3.8) is 0 Å². The standard InChI is InChI=1S/C17H35BN4O7S.C16H32BN5O7S.2C14H28BN5O7S.4H2S/c1-11(2)14(6-8-19)30(28,29)22-9-13(5-4-7-18(26)27)17(20,10-22)16(25)21-12(3)15(23)24;1-10(13(23)24)20-14(25)16(19)9-22(8-12(16)4-3-7-17(26)27)30(28,29)21-11(2)15(18)5-6-15;1-9(12(21)22)18-13(23)14(16)8-20(7-10(14)3-2-4-15(24)25)28(26,27)19-11-5-17-6-11;1-8(12(21)22)18-13(23)14(17)7-20(6-9(14)3-2-4-15(24)25)28(26,27)19-11-5-10(11)16;;;;/h11-14,26-27H,4-10,19-20H2,1-3H3,(H,21,25)(H,23,24);10-12,21,26-27H,3-9,18-19H2,1-2H3,(H,20,25)(H,23,24);9-11,17,19,24-25H,2-8,16H2,1H3,(H,18,23)(H,21,22);8-11,19,24-25H,2-7,16-17H2,1H3,(H,18,23)(H,21,22);4*1H2/t12-,13-,14?,17-;10-,11?,12-,16-;9-,10-,14-;8-,9-,10-,11-,14-;;;;/m0000..../s1. The number of carboxylic acids is 4. The molecule has 0 bridgehead atoms. The van der Waals surface area contributed by atoms with Crippen LogP contribution >= 0.6 is 54.0 Å². The lowest BCUT2D eigenvalue weighted by Gasteiger charge is -2.31. The Labute approximate surface area is 730 Å². The minimum absolute atomic E-state index is 0. The van der Waals surface area contributed by atoms with Crippen LogP contribution in [0.15, 0.2) is 0 Å². The number of carbonyl (C=O) groups is 8. The summed E-state index contributed by atoms with van der Waals surface area (Å²) in [5, 5.41) is 120. The summed E-state index contributed by atoms with van der Waals surface area (Å²) in [6.07, 6.45) is 4.69. The molecule has 7 aliphatic rings. The van der Waals surface area contributed by atoms with Crippen LogP contribution in [0, 0.1) is 29.6 Å². The van der Waals surface area contributed by atoms with Crippen LogP contribution in [0.1, 0.15) is 126 Å². The van der Waals surface area contributed by atoms with Crippen molar-refractivity contribution >= 4 is 171 Å². The first-order valence-electron chi connectivity index (χ1n) is 38.3. The first-order valence-corrected chi connectivity index (χ1v) is 44.1. The van der Waals surface area contributed by atoms with Crippen LogP contribution in [0.2, 0.25) is 25.3 Å². The zero-order chi connectivity index (χ0) is 88.6. The first kappa shape index (κ1) is 116. The van der Waals surface area contributed by atoms with E-state index in [1.165, 1.54) is 32.0 Å². The smallest absolute Gasteiger partial charge is 0.451 e. The van der Waals surface area contributed by atoms with Crippen LogP contribution in [-0.2, 0) is 79.0 Å². The topological polar surface area (TPSA) is 807 Å². The maximum atomic E-state index is 13.2. The minimum Gasteiger partial charge on any atom is -0.480 e. The van der Waals surface area contributed by atoms with Crippen molar-refractivity contribution in [2.75, 3.05) is 72.0 Å². The van der Waals surface area contributed by atoms with Gasteiger partial charge < -0.3 is 127 Å². The van der Waals surface area contributed by atoms with E-state index < -0.39 is 203 Å². The fourth-order valence-electron chi connectivity index (χ4n) is 14.0. The molecule has 47 nitrogen and oxygen atoms in total. The Morgan fingerprint density at radius 2 is 0.717 bits per heavy atom. The number of hydrogen-bond donors (Lipinski definition) is 27. The van der Waals surface area contributed by atoms with Gasteiger partial charge in [0.2, 0.25) is 33.7 Å². The van der Waals surface area contributed by atoms with Gasteiger partial charge in [0.15, 0.2) is 0 Å². The Morgan fingerprint density at radius 3 is 0.950 bits per heavy atom. The molecule has 5 heterocycles. The molecule has 0 aromatic rings. The van der Waals surface area contributed by atoms with Crippen molar-refractivity contribution in [3.8, 4) is 0 Å². The van der Waals surface area contributed by atoms with Crippen LogP contribution < -0.4 is 80.9 Å². The van der Waals surface area contributed by atoms with Gasteiger partial charge in [0.05, 0.1) is 5.25 Å². The summed E-state index contributed by atoms with van der Waals surface area (Å²) in [7, 11) is -21.7. The molecular formula is C61H131B4N19O28S8. The molecular weight excluding hydrogens is 1750 g/mol. The van der Waals surface area contributed by atoms with Crippen LogP contribution in [0.4, 0.5) is 0 Å². The molecule has 2 unspecified atom stereocenters. The average Bonchev–Trinajstić information content (AvgIpc) is 1.66. The molecule has 0 aromatic carbocycles. The normalized spacial score (nSPS) is 26.8. The van der Waals surface area contributed by atoms with Crippen LogP contribution in [-0.4, -0.2) is 341 Å². The number of nitrogens with two attached hydrogens (primary N) is 7. The second kappa shape index (κ2) is 49.0. The zero-order valence-electron chi connectivity index (χ0n) is 68.3. The van der Waals surface area contributed by atoms with Crippen LogP contribution in [0.25, 0.3) is 0 Å². The van der Waals surface area contributed by atoms with E-state index in [2.05, 4.69) is 40.8 Å². The summed E-state index contributed by atoms with van der Waals surface area (Å²) < 4.78 is 115. The maximum Gasteiger partial charge on any atom is 0.451 e. The van der Waals surface area contributed by atoms with E-state index in [-0.39, 0.29) is 194 Å². The Bertz CT molecular complexity index is 3730. The number of carboxylic acid groups (broad SMARTS) is 4. The van der Waals surface area contributed by atoms with Gasteiger partial charge in [-0.25, -0.2) is 8.42 Å². The monoisotopic (exact) mass is 1880 g/mol. The molecule has 34 N–H and O–H groups in total. The van der Waals surface area contributed by atoms with Gasteiger partial charge in [-0.05, 0) is 124 Å². The highest BCUT2D eigenvalue weighted by Gasteiger charge is 2.58. The lowest BCUT2D eigenvalue weighted by molar-refractivity contribution is -0.142. The number of carbonyl (C=O) groups excluding carboxylic acids is 4. The fraction of sp³-hybridized carbons (Fsp3) is 0.869. The van der Waals surface area contributed by atoms with Gasteiger partial charge in [-0.2, -0.15) is 111 Å². The fourth-order valence-corrected chi connectivity index (χ4v) is 20.9. The summed E-state index contributed by atoms with van der Waals surface area (Å²) >= 11 is 0. The Kier molecular flexibility index (Phi) is 47.5. The van der Waals surface area contributed by atoms with E-state index in [1.807, 2.05) is 0 Å². The summed E-state index contributed by atoms with van der Waals surface area (Å²) in [6.45, 7) is 10.2. The number of nitrogens with zero attached hydrogens (tertiary/aromatic N) is 4. The molecule has 4 amide bonds. The van der Waals surface area contributed by atoms with Crippen molar-refractivity contribution in [1.82, 2.24) is 58.0 Å². The highest BCUT2D eigenvalue weighted by atomic mass is 32.2. The Balaban J connectivity index is 0.00000156. The van der Waals surface area contributed by atoms with Crippen molar-refractivity contribution < 1.29 is 133 Å². The highest BCUT2D eigenvalue weighted by Crippen LogP contribution is 2.40. The van der Waals surface area contributed by atoms with E-state index >= 15 is 0 Å². The number of amides is 4. The maximum absolute atomic E-state index is 13.2. The predicted octanol–water partition coefficient (Wildman–Crippen LogP) is -11.6. The Morgan fingerprint density at radius 1 is 0.450 bits per heavy atom. The average molecular weight is 1880 g/mol. The third-order valence-electron chi connectivity index (χ3n) is 22.2. The molecule has 59 heteroatoms. The molecule has 0 aromatic heterocycles. The van der Waals surface area contributed by atoms with Crippen molar-refractivity contribution in [2.24, 2.45) is 69.7 Å². The largest absolute Gasteiger partial charge is 0.480 e. The van der Waals surface area contributed by atoms with E-state index in [0.717, 1.165) is 12.9 Å². The van der Waals surface area contributed by atoms with Crippen molar-refractivity contribution in [2.45, 2.75) is 232 Å². The van der Waals surface area contributed by atoms with E-state index in [9.17, 15) is 72.0 Å². The Hall–Kier alpha value is -3.70. The third kappa shape index (κ3) is 32.9.